The van der Waals surface area contributed by atoms with Crippen LogP contribution in [0.2, 0.25) is 0 Å². The monoisotopic (exact) mass is 380 g/mol. The first-order valence-electron chi connectivity index (χ1n) is 7.54. The number of carbonyl (C=O) groups excluding carboxylic acids is 1. The van der Waals surface area contributed by atoms with Gasteiger partial charge in [-0.1, -0.05) is 12.1 Å². The lowest BCUT2D eigenvalue weighted by atomic mass is 10.0. The number of anilines is 1. The van der Waals surface area contributed by atoms with Crippen molar-refractivity contribution in [3.8, 4) is 6.07 Å². The van der Waals surface area contributed by atoms with Crippen LogP contribution in [0.1, 0.15) is 23.6 Å². The first-order chi connectivity index (χ1) is 12.3. The minimum Gasteiger partial charge on any atom is -0.288 e. The fourth-order valence-corrected chi connectivity index (χ4v) is 3.01. The quantitative estimate of drug-likeness (QED) is 0.747. The number of halogens is 4. The van der Waals surface area contributed by atoms with Crippen LogP contribution in [0, 0.1) is 11.3 Å². The van der Waals surface area contributed by atoms with Gasteiger partial charge in [0.1, 0.15) is 17.5 Å². The number of fused-ring (bicyclic) bond motifs is 1. The van der Waals surface area contributed by atoms with E-state index >= 15 is 0 Å². The van der Waals surface area contributed by atoms with E-state index in [1.165, 1.54) is 27.9 Å². The minimum atomic E-state index is -4.48. The molecule has 5 nitrogen and oxygen atoms in total. The van der Waals surface area contributed by atoms with E-state index in [1.807, 2.05) is 6.07 Å². The zero-order valence-corrected chi connectivity index (χ0v) is 14.2. The Morgan fingerprint density at radius 2 is 2.15 bits per heavy atom. The molecule has 0 N–H and O–H groups in total. The molecule has 9 heteroatoms. The molecule has 0 fully saturated rings. The zero-order chi connectivity index (χ0) is 19.1. The highest BCUT2D eigenvalue weighted by Crippen LogP contribution is 2.36. The van der Waals surface area contributed by atoms with Gasteiger partial charge in [-0.05, 0) is 25.1 Å². The van der Waals surface area contributed by atoms with Crippen LogP contribution in [0.3, 0.4) is 0 Å². The average molecular weight is 381 g/mol. The van der Waals surface area contributed by atoms with Crippen LogP contribution in [-0.2, 0) is 11.0 Å². The summed E-state index contributed by atoms with van der Waals surface area (Å²) in [5, 5.41) is 13.4. The number of amides is 1. The highest BCUT2D eigenvalue weighted by molar-refractivity contribution is 6.29. The lowest BCUT2D eigenvalue weighted by molar-refractivity contribution is -0.137. The number of aromatic nitrogens is 2. The predicted molar refractivity (Wildman–Crippen MR) is 89.4 cm³/mol. The van der Waals surface area contributed by atoms with Crippen molar-refractivity contribution in [3.63, 3.8) is 0 Å². The summed E-state index contributed by atoms with van der Waals surface area (Å²) in [6.45, 7) is 1.69. The highest BCUT2D eigenvalue weighted by Gasteiger charge is 2.34. The molecule has 0 radical (unpaired) electrons. The molecule has 0 saturated carbocycles. The molecule has 1 amide bonds. The van der Waals surface area contributed by atoms with Crippen LogP contribution >= 0.6 is 11.6 Å². The summed E-state index contributed by atoms with van der Waals surface area (Å²) in [5.74, 6) is -0.537. The van der Waals surface area contributed by atoms with Gasteiger partial charge in [0.25, 0.3) is 0 Å². The third-order valence-electron chi connectivity index (χ3n) is 4.00. The molecular formula is C17H12ClF3N4O. The molecule has 134 valence electrons. The molecule has 0 saturated heterocycles. The first kappa shape index (κ1) is 18.0. The maximum Gasteiger partial charge on any atom is 0.416 e. The van der Waals surface area contributed by atoms with E-state index in [0.717, 1.165) is 12.1 Å². The van der Waals surface area contributed by atoms with Crippen molar-refractivity contribution >= 4 is 29.0 Å². The smallest absolute Gasteiger partial charge is 0.288 e. The van der Waals surface area contributed by atoms with Crippen molar-refractivity contribution in [1.82, 2.24) is 9.78 Å². The van der Waals surface area contributed by atoms with Crippen LogP contribution in [0.25, 0.3) is 5.70 Å². The largest absolute Gasteiger partial charge is 0.416 e. The van der Waals surface area contributed by atoms with Crippen LogP contribution in [0.4, 0.5) is 19.0 Å². The Bertz CT molecular complexity index is 942. The van der Waals surface area contributed by atoms with E-state index < -0.39 is 23.7 Å². The van der Waals surface area contributed by atoms with Crippen LogP contribution in [0.15, 0.2) is 36.5 Å². The van der Waals surface area contributed by atoms with Gasteiger partial charge >= 0.3 is 6.18 Å². The normalized spacial score (nSPS) is 16.7. The van der Waals surface area contributed by atoms with Crippen molar-refractivity contribution < 1.29 is 18.0 Å². The summed E-state index contributed by atoms with van der Waals surface area (Å²) >= 11 is 5.65. The van der Waals surface area contributed by atoms with Crippen LogP contribution < -0.4 is 4.90 Å². The molecule has 0 spiro atoms. The number of nitrogens with zero attached hydrogens (tertiary/aromatic N) is 4. The lowest BCUT2D eigenvalue weighted by Crippen LogP contribution is -2.43. The Kier molecular flexibility index (Phi) is 4.50. The molecule has 26 heavy (non-hydrogen) atoms. The number of benzene rings is 1. The van der Waals surface area contributed by atoms with Crippen molar-refractivity contribution in [2.45, 2.75) is 19.1 Å². The Morgan fingerprint density at radius 1 is 1.42 bits per heavy atom. The molecule has 2 heterocycles. The number of rotatable bonds is 2. The number of alkyl halides is 4. The summed E-state index contributed by atoms with van der Waals surface area (Å²) in [4.78, 5) is 13.5. The molecule has 1 aliphatic heterocycles. The molecular weight excluding hydrogens is 369 g/mol. The molecule has 0 bridgehead atoms. The highest BCUT2D eigenvalue weighted by atomic mass is 35.5. The predicted octanol–water partition coefficient (Wildman–Crippen LogP) is 3.64. The summed E-state index contributed by atoms with van der Waals surface area (Å²) in [5.41, 5.74) is -0.0258. The van der Waals surface area contributed by atoms with E-state index in [0.29, 0.717) is 5.70 Å². The topological polar surface area (TPSA) is 61.9 Å². The molecule has 1 unspecified atom stereocenters. The van der Waals surface area contributed by atoms with Crippen molar-refractivity contribution in [2.24, 2.45) is 0 Å². The van der Waals surface area contributed by atoms with Gasteiger partial charge in [0.2, 0.25) is 5.91 Å². The number of carbonyl (C=O) groups is 1. The van der Waals surface area contributed by atoms with E-state index in [2.05, 4.69) is 5.10 Å². The summed E-state index contributed by atoms with van der Waals surface area (Å²) in [7, 11) is 0. The van der Waals surface area contributed by atoms with Gasteiger partial charge < -0.3 is 0 Å². The SMILES string of the molecule is CC1C=C(c2cccc(C(F)(F)F)c2)n2ncc(C#N)c2N1C(=O)CCl. The zero-order valence-electron chi connectivity index (χ0n) is 13.5. The molecule has 1 atom stereocenters. The second-order valence-electron chi connectivity index (χ2n) is 5.67. The van der Waals surface area contributed by atoms with Gasteiger partial charge in [0.15, 0.2) is 5.82 Å². The summed E-state index contributed by atoms with van der Waals surface area (Å²) in [6, 6.07) is 6.24. The van der Waals surface area contributed by atoms with Crippen LogP contribution in [0.5, 0.6) is 0 Å². The minimum absolute atomic E-state index is 0.132. The van der Waals surface area contributed by atoms with Gasteiger partial charge in [-0.25, -0.2) is 4.68 Å². The van der Waals surface area contributed by atoms with Gasteiger partial charge in [-0.2, -0.15) is 23.5 Å². The maximum atomic E-state index is 13.0. The van der Waals surface area contributed by atoms with Gasteiger partial charge in [-0.15, -0.1) is 11.6 Å². The van der Waals surface area contributed by atoms with Gasteiger partial charge in [0, 0.05) is 5.56 Å². The first-order valence-corrected chi connectivity index (χ1v) is 8.07. The Labute approximate surface area is 151 Å². The van der Waals surface area contributed by atoms with E-state index in [9.17, 15) is 23.2 Å². The number of nitriles is 1. The van der Waals surface area contributed by atoms with Gasteiger partial charge in [-0.3, -0.25) is 9.69 Å². The summed E-state index contributed by atoms with van der Waals surface area (Å²) in [6.07, 6.45) is -1.60. The number of hydrogen-bond acceptors (Lipinski definition) is 3. The molecule has 1 aliphatic rings. The Hall–Kier alpha value is -2.79. The Balaban J connectivity index is 2.18. The average Bonchev–Trinajstić information content (AvgIpc) is 3.03. The number of hydrogen-bond donors (Lipinski definition) is 0. The molecule has 0 aliphatic carbocycles. The fraction of sp³-hybridized carbons (Fsp3) is 0.235. The standard InChI is InChI=1S/C17H12ClF3N4O/c1-10-5-14(11-3-2-4-13(6-11)17(19,20)21)25-16(12(8-22)9-23-25)24(10)15(26)7-18/h2-6,9-10H,7H2,1H3. The lowest BCUT2D eigenvalue weighted by Gasteiger charge is -2.32. The second-order valence-corrected chi connectivity index (χ2v) is 5.94. The molecule has 2 aromatic rings. The van der Waals surface area contributed by atoms with Crippen molar-refractivity contribution in [1.29, 1.82) is 5.26 Å². The third kappa shape index (κ3) is 2.95. The van der Waals surface area contributed by atoms with Crippen molar-refractivity contribution in [3.05, 3.63) is 53.2 Å². The Morgan fingerprint density at radius 3 is 2.77 bits per heavy atom. The fourth-order valence-electron chi connectivity index (χ4n) is 2.88. The van der Waals surface area contributed by atoms with Crippen molar-refractivity contribution in [2.75, 3.05) is 10.8 Å². The van der Waals surface area contributed by atoms with Crippen LogP contribution in [-0.4, -0.2) is 27.6 Å². The van der Waals surface area contributed by atoms with Gasteiger partial charge in [0.05, 0.1) is 23.5 Å². The molecule has 1 aromatic carbocycles. The maximum absolute atomic E-state index is 13.0. The third-order valence-corrected chi connectivity index (χ3v) is 4.22. The summed E-state index contributed by atoms with van der Waals surface area (Å²) < 4.78 is 40.4. The second kappa shape index (κ2) is 6.50. The van der Waals surface area contributed by atoms with E-state index in [1.54, 1.807) is 13.0 Å². The van der Waals surface area contributed by atoms with E-state index in [4.69, 9.17) is 11.6 Å². The van der Waals surface area contributed by atoms with E-state index in [-0.39, 0.29) is 22.8 Å². The molecule has 3 rings (SSSR count). The molecule has 1 aromatic heterocycles.